The summed E-state index contributed by atoms with van der Waals surface area (Å²) >= 11 is 2.33. The van der Waals surface area contributed by atoms with Crippen LogP contribution >= 0.6 is 22.7 Å². The Morgan fingerprint density at radius 3 is 1.29 bits per heavy atom. The van der Waals surface area contributed by atoms with E-state index in [-0.39, 0.29) is 63.5 Å². The van der Waals surface area contributed by atoms with E-state index in [2.05, 4.69) is 19.9 Å². The summed E-state index contributed by atoms with van der Waals surface area (Å²) in [5.74, 6) is -5.10. The van der Waals surface area contributed by atoms with Crippen LogP contribution < -0.4 is 9.47 Å². The number of benzene rings is 2. The number of nitrogens with zero attached hydrogens (tertiary/aromatic N) is 6. The number of likely N-dealkylation sites (tertiary alicyclic amines) is 2. The lowest BCUT2D eigenvalue weighted by molar-refractivity contribution is -0.193. The Balaban J connectivity index is 0.000000178. The van der Waals surface area contributed by atoms with Crippen LogP contribution in [-0.4, -0.2) is 85.2 Å². The Morgan fingerprint density at radius 2 is 0.944 bits per heavy atom. The van der Waals surface area contributed by atoms with Gasteiger partial charge in [-0.2, -0.15) is 26.3 Å². The topological polar surface area (TPSA) is 145 Å². The molecule has 4 aromatic heterocycles. The molecule has 2 aromatic carbocycles. The van der Waals surface area contributed by atoms with E-state index in [1.54, 1.807) is 59.8 Å². The van der Waals surface area contributed by atoms with Gasteiger partial charge < -0.3 is 9.47 Å². The van der Waals surface area contributed by atoms with E-state index < -0.39 is 101 Å². The third kappa shape index (κ3) is 11.3. The second-order valence-corrected chi connectivity index (χ2v) is 23.8. The van der Waals surface area contributed by atoms with Gasteiger partial charge in [0, 0.05) is 108 Å². The zero-order valence-electron chi connectivity index (χ0n) is 38.0. The van der Waals surface area contributed by atoms with Gasteiger partial charge in [-0.15, -0.1) is 22.7 Å². The van der Waals surface area contributed by atoms with Gasteiger partial charge in [-0.05, 0) is 86.3 Å². The number of hydrogen-bond donors (Lipinski definition) is 0. The number of sulfone groups is 2. The molecule has 6 atom stereocenters. The number of pyridine rings is 2. The van der Waals surface area contributed by atoms with Gasteiger partial charge in [0.1, 0.15) is 54.4 Å². The summed E-state index contributed by atoms with van der Waals surface area (Å²) in [6, 6.07) is 9.56. The summed E-state index contributed by atoms with van der Waals surface area (Å²) in [5.41, 5.74) is 2.29. The van der Waals surface area contributed by atoms with Crippen LogP contribution in [0.2, 0.25) is 0 Å². The quantitative estimate of drug-likeness (QED) is 0.120. The number of alkyl halides is 6. The highest BCUT2D eigenvalue weighted by Crippen LogP contribution is 2.51. The van der Waals surface area contributed by atoms with Gasteiger partial charge in [0.25, 0.3) is 0 Å². The Labute approximate surface area is 417 Å². The van der Waals surface area contributed by atoms with Gasteiger partial charge in [-0.1, -0.05) is 0 Å². The van der Waals surface area contributed by atoms with Crippen LogP contribution in [0.4, 0.5) is 35.1 Å². The molecule has 384 valence electrons. The van der Waals surface area contributed by atoms with Gasteiger partial charge in [0.2, 0.25) is 0 Å². The van der Waals surface area contributed by atoms with Crippen LogP contribution in [0.3, 0.4) is 0 Å². The fourth-order valence-corrected chi connectivity index (χ4v) is 14.8. The first-order chi connectivity index (χ1) is 34.3. The van der Waals surface area contributed by atoms with Crippen molar-refractivity contribution in [1.82, 2.24) is 29.7 Å². The highest BCUT2D eigenvalue weighted by molar-refractivity contribution is 7.91. The van der Waals surface area contributed by atoms with Crippen molar-refractivity contribution in [3.8, 4) is 11.5 Å². The lowest BCUT2D eigenvalue weighted by Crippen LogP contribution is -2.44. The number of ether oxygens (including phenoxy) is 2. The molecule has 0 unspecified atom stereocenters. The third-order valence-electron chi connectivity index (χ3n) is 13.6. The van der Waals surface area contributed by atoms with Crippen molar-refractivity contribution >= 4 is 42.3 Å². The minimum atomic E-state index is -4.31. The normalized spacial score (nSPS) is 23.2. The van der Waals surface area contributed by atoms with Gasteiger partial charge in [0.05, 0.1) is 25.0 Å². The molecule has 2 fully saturated rings. The molecular formula is C48H46F8N6O6S4. The molecule has 0 N–H and O–H groups in total. The maximum Gasteiger partial charge on any atom is 0.391 e. The van der Waals surface area contributed by atoms with Crippen molar-refractivity contribution < 1.29 is 61.4 Å². The smallest absolute Gasteiger partial charge is 0.391 e. The minimum Gasteiger partial charge on any atom is -0.493 e. The van der Waals surface area contributed by atoms with Gasteiger partial charge in [0.15, 0.2) is 19.7 Å². The standard InChI is InChI=1S/2C24H23F4N3O3S2/c2*25-18-12-17-19(4-9-34-21(17)13-22(18)36(32,33)14-23-30-7-10-35-23)31-8-3-16(24(26,27)28)11-20(31)15-1-5-29-6-2-15/h2*1-2,5-7,10,12-13,16,19-20H,3-4,8-9,11,14H2/t16-,19+,20+;16-,19-,20+/m11/s1. The number of fused-ring (bicyclic) bond motifs is 2. The Bertz CT molecular complexity index is 2840. The van der Waals surface area contributed by atoms with Crippen molar-refractivity contribution in [3.63, 3.8) is 0 Å². The maximum atomic E-state index is 15.3. The predicted octanol–water partition coefficient (Wildman–Crippen LogP) is 11.0. The number of piperidine rings is 2. The molecule has 0 saturated carbocycles. The molecule has 72 heavy (non-hydrogen) atoms. The Kier molecular flexibility index (Phi) is 15.1. The van der Waals surface area contributed by atoms with Crippen molar-refractivity contribution in [2.24, 2.45) is 11.8 Å². The predicted molar refractivity (Wildman–Crippen MR) is 249 cm³/mol. The van der Waals surface area contributed by atoms with Crippen LogP contribution in [0, 0.1) is 23.5 Å². The molecule has 0 aliphatic carbocycles. The van der Waals surface area contributed by atoms with Crippen LogP contribution in [-0.2, 0) is 31.2 Å². The molecular weight excluding hydrogens is 1040 g/mol. The fraction of sp³-hybridized carbons (Fsp3) is 0.417. The number of halogens is 8. The summed E-state index contributed by atoms with van der Waals surface area (Å²) < 4.78 is 175. The van der Waals surface area contributed by atoms with Gasteiger partial charge in [-0.3, -0.25) is 19.8 Å². The highest BCUT2D eigenvalue weighted by Gasteiger charge is 2.48. The second kappa shape index (κ2) is 21.0. The van der Waals surface area contributed by atoms with Crippen molar-refractivity contribution in [2.75, 3.05) is 26.3 Å². The van der Waals surface area contributed by atoms with E-state index in [0.29, 0.717) is 45.1 Å². The zero-order valence-corrected chi connectivity index (χ0v) is 41.2. The van der Waals surface area contributed by atoms with Crippen molar-refractivity contribution in [2.45, 2.75) is 96.3 Å². The lowest BCUT2D eigenvalue weighted by Gasteiger charge is -2.46. The van der Waals surface area contributed by atoms with Crippen LogP contribution in [0.15, 0.2) is 106 Å². The van der Waals surface area contributed by atoms with E-state index in [1.165, 1.54) is 24.5 Å². The molecule has 4 aliphatic rings. The average molecular weight is 1080 g/mol. The summed E-state index contributed by atoms with van der Waals surface area (Å²) in [7, 11) is -8.04. The fourth-order valence-electron chi connectivity index (χ4n) is 10.2. The molecule has 24 heteroatoms. The van der Waals surface area contributed by atoms with Crippen LogP contribution in [0.25, 0.3) is 0 Å². The van der Waals surface area contributed by atoms with E-state index >= 15 is 8.78 Å². The van der Waals surface area contributed by atoms with E-state index in [1.807, 2.05) is 9.80 Å². The SMILES string of the molecule is O=S(=O)(Cc1nccs1)c1cc2c(cc1F)[C@@H](N1CC[C@@H](C(F)(F)F)C[C@H]1c1ccncc1)CCO2.O=S(=O)(Cc1nccs1)c1cc2c(cc1F)[C@H](N1CC[C@@H](C(F)(F)F)C[C@H]1c1ccncc1)CCO2. The van der Waals surface area contributed by atoms with Crippen LogP contribution in [0.5, 0.6) is 11.5 Å². The molecule has 8 heterocycles. The molecule has 12 nitrogen and oxygen atoms in total. The Hall–Kier alpha value is -5.14. The number of rotatable bonds is 10. The second-order valence-electron chi connectivity index (χ2n) is 17.9. The molecule has 2 saturated heterocycles. The zero-order chi connectivity index (χ0) is 51.0. The molecule has 0 bridgehead atoms. The maximum absolute atomic E-state index is 15.3. The molecule has 10 rings (SSSR count). The van der Waals surface area contributed by atoms with E-state index in [9.17, 15) is 43.2 Å². The number of hydrogen-bond acceptors (Lipinski definition) is 14. The summed E-state index contributed by atoms with van der Waals surface area (Å²) in [5, 5.41) is 3.98. The molecule has 0 spiro atoms. The molecule has 0 radical (unpaired) electrons. The van der Waals surface area contributed by atoms with Gasteiger partial charge in [-0.25, -0.2) is 35.6 Å². The number of thiazole rings is 2. The largest absolute Gasteiger partial charge is 0.493 e. The average Bonchev–Trinajstić information content (AvgIpc) is 4.07. The first-order valence-electron chi connectivity index (χ1n) is 22.9. The summed E-state index contributed by atoms with van der Waals surface area (Å²) in [4.78, 5) is 18.9. The Morgan fingerprint density at radius 1 is 0.556 bits per heavy atom. The number of aromatic nitrogens is 4. The first kappa shape index (κ1) is 51.7. The highest BCUT2D eigenvalue weighted by atomic mass is 32.2. The third-order valence-corrected chi connectivity index (χ3v) is 18.8. The first-order valence-corrected chi connectivity index (χ1v) is 27.9. The van der Waals surface area contributed by atoms with Crippen molar-refractivity contribution in [1.29, 1.82) is 0 Å². The molecule has 0 amide bonds. The lowest BCUT2D eigenvalue weighted by atomic mass is 9.84. The van der Waals surface area contributed by atoms with E-state index in [0.717, 1.165) is 34.8 Å². The minimum absolute atomic E-state index is 0.0689. The monoisotopic (exact) mass is 1080 g/mol. The molecule has 4 aliphatic heterocycles. The molecule has 6 aromatic rings. The summed E-state index contributed by atoms with van der Waals surface area (Å²) in [6.07, 6.45) is 1.02. The van der Waals surface area contributed by atoms with E-state index in [4.69, 9.17) is 9.47 Å². The van der Waals surface area contributed by atoms with Crippen molar-refractivity contribution in [3.05, 3.63) is 140 Å². The summed E-state index contributed by atoms with van der Waals surface area (Å²) in [6.45, 7) is 0.787. The van der Waals surface area contributed by atoms with Gasteiger partial charge >= 0.3 is 12.4 Å². The van der Waals surface area contributed by atoms with Crippen LogP contribution in [0.1, 0.15) is 95.0 Å².